The molecule has 0 spiro atoms. The maximum absolute atomic E-state index is 12.6. The average Bonchev–Trinajstić information content (AvgIpc) is 3.22. The summed E-state index contributed by atoms with van der Waals surface area (Å²) >= 11 is 0.748. The van der Waals surface area contributed by atoms with Crippen molar-refractivity contribution < 1.29 is 31.9 Å². The Morgan fingerprint density at radius 1 is 1.13 bits per heavy atom. The third-order valence-electron chi connectivity index (χ3n) is 3.80. The van der Waals surface area contributed by atoms with Gasteiger partial charge in [-0.15, -0.1) is 13.2 Å². The topological polar surface area (TPSA) is 81.4 Å². The summed E-state index contributed by atoms with van der Waals surface area (Å²) in [6.45, 7) is 0. The Kier molecular flexibility index (Phi) is 4.97. The van der Waals surface area contributed by atoms with Gasteiger partial charge in [0.15, 0.2) is 5.58 Å². The molecule has 0 atom stereocenters. The number of hydrogen-bond donors (Lipinski definition) is 1. The van der Waals surface area contributed by atoms with E-state index in [4.69, 9.17) is 4.42 Å². The van der Waals surface area contributed by atoms with Crippen LogP contribution in [0.25, 0.3) is 17.0 Å². The molecule has 4 rings (SSSR count). The molecule has 0 aliphatic carbocycles. The Labute approximate surface area is 171 Å². The van der Waals surface area contributed by atoms with Crippen LogP contribution in [0.15, 0.2) is 52.0 Å². The zero-order chi connectivity index (χ0) is 21.3. The normalized spacial score (nSPS) is 15.2. The van der Waals surface area contributed by atoms with Crippen molar-refractivity contribution in [3.8, 4) is 17.6 Å². The summed E-state index contributed by atoms with van der Waals surface area (Å²) in [6.07, 6.45) is -0.507. The fourth-order valence-electron chi connectivity index (χ4n) is 2.61. The number of aromatic nitrogens is 1. The molecular weight excluding hydrogens is 421 g/mol. The van der Waals surface area contributed by atoms with Crippen LogP contribution in [0.4, 0.5) is 18.0 Å². The first-order chi connectivity index (χ1) is 14.3. The number of amides is 2. The van der Waals surface area contributed by atoms with Gasteiger partial charge in [0, 0.05) is 23.9 Å². The fourth-order valence-corrected chi connectivity index (χ4v) is 3.27. The van der Waals surface area contributed by atoms with Crippen molar-refractivity contribution in [2.45, 2.75) is 6.36 Å². The van der Waals surface area contributed by atoms with Crippen molar-refractivity contribution in [3.63, 3.8) is 0 Å². The van der Waals surface area contributed by atoms with Gasteiger partial charge in [-0.3, -0.25) is 19.9 Å². The molecule has 10 heteroatoms. The van der Waals surface area contributed by atoms with Crippen LogP contribution in [0.1, 0.15) is 16.9 Å². The Bertz CT molecular complexity index is 1270. The largest absolute Gasteiger partial charge is 0.573 e. The minimum Gasteiger partial charge on any atom is -0.455 e. The number of halogens is 3. The molecule has 3 aromatic rings. The van der Waals surface area contributed by atoms with Crippen LogP contribution in [-0.4, -0.2) is 22.5 Å². The maximum atomic E-state index is 12.6. The van der Waals surface area contributed by atoms with Gasteiger partial charge in [-0.25, -0.2) is 0 Å². The zero-order valence-electron chi connectivity index (χ0n) is 14.7. The minimum atomic E-state index is -4.84. The summed E-state index contributed by atoms with van der Waals surface area (Å²) in [7, 11) is 0. The molecule has 2 aromatic heterocycles. The summed E-state index contributed by atoms with van der Waals surface area (Å²) in [5.41, 5.74) is 0.713. The van der Waals surface area contributed by atoms with E-state index in [9.17, 15) is 22.8 Å². The van der Waals surface area contributed by atoms with E-state index < -0.39 is 23.3 Å². The molecular formula is C20H9F3N2O4S. The van der Waals surface area contributed by atoms with E-state index in [0.29, 0.717) is 22.3 Å². The summed E-state index contributed by atoms with van der Waals surface area (Å²) in [4.78, 5) is 27.2. The van der Waals surface area contributed by atoms with E-state index in [1.54, 1.807) is 6.07 Å². The number of rotatable bonds is 2. The van der Waals surface area contributed by atoms with E-state index in [-0.39, 0.29) is 10.5 Å². The number of ether oxygens (including phenoxy) is 1. The maximum Gasteiger partial charge on any atom is 0.573 e. The highest BCUT2D eigenvalue weighted by molar-refractivity contribution is 8.18. The third-order valence-corrected chi connectivity index (χ3v) is 4.61. The second-order valence-corrected chi connectivity index (χ2v) is 6.92. The molecule has 6 nitrogen and oxygen atoms in total. The highest BCUT2D eigenvalue weighted by atomic mass is 32.2. The van der Waals surface area contributed by atoms with Crippen molar-refractivity contribution in [3.05, 3.63) is 64.5 Å². The lowest BCUT2D eigenvalue weighted by Crippen LogP contribution is -2.17. The van der Waals surface area contributed by atoms with E-state index in [1.807, 2.05) is 0 Å². The van der Waals surface area contributed by atoms with Crippen molar-refractivity contribution in [2.24, 2.45) is 0 Å². The molecule has 0 unspecified atom stereocenters. The second kappa shape index (κ2) is 7.61. The third kappa shape index (κ3) is 4.31. The van der Waals surface area contributed by atoms with Crippen LogP contribution in [0, 0.1) is 11.8 Å². The Morgan fingerprint density at radius 2 is 1.90 bits per heavy atom. The number of nitrogens with zero attached hydrogens (tertiary/aromatic N) is 1. The van der Waals surface area contributed by atoms with E-state index in [1.165, 1.54) is 42.7 Å². The number of benzene rings is 1. The van der Waals surface area contributed by atoms with Gasteiger partial charge in [-0.2, -0.15) is 0 Å². The van der Waals surface area contributed by atoms with Gasteiger partial charge in [0.05, 0.1) is 16.0 Å². The summed E-state index contributed by atoms with van der Waals surface area (Å²) in [6, 6.07) is 7.11. The predicted molar refractivity (Wildman–Crippen MR) is 102 cm³/mol. The molecule has 30 heavy (non-hydrogen) atoms. The number of thioether (sulfide) groups is 1. The Hall–Kier alpha value is -3.71. The van der Waals surface area contributed by atoms with Crippen LogP contribution in [0.3, 0.4) is 0 Å². The van der Waals surface area contributed by atoms with Crippen molar-refractivity contribution in [1.82, 2.24) is 10.3 Å². The number of alkyl halides is 3. The number of para-hydroxylation sites is 1. The molecule has 1 N–H and O–H groups in total. The lowest BCUT2D eigenvalue weighted by Gasteiger charge is -2.09. The van der Waals surface area contributed by atoms with Gasteiger partial charge in [0.2, 0.25) is 0 Å². The van der Waals surface area contributed by atoms with Gasteiger partial charge in [0.1, 0.15) is 11.5 Å². The summed E-state index contributed by atoms with van der Waals surface area (Å²) in [5.74, 6) is 4.73. The molecule has 1 aliphatic heterocycles. The van der Waals surface area contributed by atoms with Gasteiger partial charge in [-0.05, 0) is 30.0 Å². The summed E-state index contributed by atoms with van der Waals surface area (Å²) in [5, 5.41) is 2.24. The van der Waals surface area contributed by atoms with Crippen LogP contribution < -0.4 is 10.1 Å². The number of pyridine rings is 1. The Balaban J connectivity index is 1.69. The number of nitrogens with one attached hydrogen (secondary N) is 1. The molecule has 0 saturated carbocycles. The number of hydrogen-bond acceptors (Lipinski definition) is 6. The van der Waals surface area contributed by atoms with Gasteiger partial charge >= 0.3 is 6.36 Å². The standard InChI is InChI=1S/C20H9F3N2O4S/c21-20(22,23)29-15-4-2-1-3-11(15)5-6-12-9-24-10-13-7-14(28-17(12)13)8-16-18(26)25-19(27)30-16/h1-4,7-10H,(H,25,26,27)/b16-8+. The molecule has 1 aliphatic rings. The smallest absolute Gasteiger partial charge is 0.455 e. The molecule has 1 saturated heterocycles. The number of carbonyl (C=O) groups excluding carboxylic acids is 2. The molecule has 1 aromatic carbocycles. The molecule has 3 heterocycles. The quantitative estimate of drug-likeness (QED) is 0.478. The first-order valence-electron chi connectivity index (χ1n) is 8.28. The SMILES string of the molecule is O=C1NC(=O)/C(=C\c2cc3cncc(C#Cc4ccccc4OC(F)(F)F)c3o2)S1. The Morgan fingerprint density at radius 3 is 2.63 bits per heavy atom. The van der Waals surface area contributed by atoms with Gasteiger partial charge < -0.3 is 9.15 Å². The molecule has 0 radical (unpaired) electrons. The molecule has 1 fully saturated rings. The van der Waals surface area contributed by atoms with E-state index >= 15 is 0 Å². The van der Waals surface area contributed by atoms with Crippen LogP contribution in [-0.2, 0) is 4.79 Å². The van der Waals surface area contributed by atoms with Crippen molar-refractivity contribution >= 4 is 40.0 Å². The van der Waals surface area contributed by atoms with Crippen molar-refractivity contribution in [2.75, 3.05) is 0 Å². The first-order valence-corrected chi connectivity index (χ1v) is 9.09. The van der Waals surface area contributed by atoms with Crippen LogP contribution >= 0.6 is 11.8 Å². The van der Waals surface area contributed by atoms with Crippen LogP contribution in [0.2, 0.25) is 0 Å². The van der Waals surface area contributed by atoms with Crippen LogP contribution in [0.5, 0.6) is 5.75 Å². The zero-order valence-corrected chi connectivity index (χ0v) is 15.6. The van der Waals surface area contributed by atoms with Crippen molar-refractivity contribution in [1.29, 1.82) is 0 Å². The van der Waals surface area contributed by atoms with E-state index in [0.717, 1.165) is 11.8 Å². The van der Waals surface area contributed by atoms with Gasteiger partial charge in [0.25, 0.3) is 11.1 Å². The molecule has 2 amide bonds. The predicted octanol–water partition coefficient (Wildman–Crippen LogP) is 4.45. The number of fused-ring (bicyclic) bond motifs is 1. The average molecular weight is 430 g/mol. The molecule has 150 valence electrons. The first kappa shape index (κ1) is 19.6. The fraction of sp³-hybridized carbons (Fsp3) is 0.0500. The second-order valence-electron chi connectivity index (χ2n) is 5.90. The van der Waals surface area contributed by atoms with E-state index in [2.05, 4.69) is 26.9 Å². The lowest BCUT2D eigenvalue weighted by atomic mass is 10.1. The van der Waals surface area contributed by atoms with Gasteiger partial charge in [-0.1, -0.05) is 24.0 Å². The number of furan rings is 1. The monoisotopic (exact) mass is 430 g/mol. The number of carbonyl (C=O) groups is 2. The summed E-state index contributed by atoms with van der Waals surface area (Å²) < 4.78 is 47.4. The highest BCUT2D eigenvalue weighted by Gasteiger charge is 2.31. The lowest BCUT2D eigenvalue weighted by molar-refractivity contribution is -0.274. The molecule has 0 bridgehead atoms. The number of imide groups is 1. The minimum absolute atomic E-state index is 0.0401. The highest BCUT2D eigenvalue weighted by Crippen LogP contribution is 2.29.